The molecule has 2 fully saturated rings. The van der Waals surface area contributed by atoms with Crippen molar-refractivity contribution < 1.29 is 19.8 Å². The van der Waals surface area contributed by atoms with Crippen LogP contribution in [0.1, 0.15) is 59.4 Å². The van der Waals surface area contributed by atoms with Crippen molar-refractivity contribution in [1.82, 2.24) is 14.4 Å². The maximum Gasteiger partial charge on any atom is 0.341 e. The van der Waals surface area contributed by atoms with Crippen molar-refractivity contribution in [2.45, 2.75) is 57.5 Å². The SMILES string of the molecule is O=C(O)c1cn2c(cc1=O)C(=O)N1CCC(O)N(CC3CCCCC3)C1C2. The highest BCUT2D eigenvalue weighted by Crippen LogP contribution is 2.31. The van der Waals surface area contributed by atoms with Gasteiger partial charge in [-0.2, -0.15) is 0 Å². The van der Waals surface area contributed by atoms with Gasteiger partial charge in [0.05, 0.1) is 6.54 Å². The van der Waals surface area contributed by atoms with Crippen LogP contribution in [0.25, 0.3) is 0 Å². The molecule has 0 radical (unpaired) electrons. The van der Waals surface area contributed by atoms with E-state index < -0.39 is 17.6 Å². The number of rotatable bonds is 3. The van der Waals surface area contributed by atoms with E-state index in [0.29, 0.717) is 25.4 Å². The van der Waals surface area contributed by atoms with E-state index in [1.165, 1.54) is 25.5 Å². The van der Waals surface area contributed by atoms with E-state index in [4.69, 9.17) is 0 Å². The summed E-state index contributed by atoms with van der Waals surface area (Å²) in [5, 5.41) is 19.8. The molecular weight excluding hydrogens is 350 g/mol. The average molecular weight is 375 g/mol. The standard InChI is InChI=1S/C19H25N3O5/c23-15-8-14-18(25)21-7-6-17(24)22(9-12-4-2-1-3-5-12)16(21)11-20(14)10-13(15)19(26)27/h8,10,12,16-17,24H,1-7,9,11H2,(H,26,27). The lowest BCUT2D eigenvalue weighted by atomic mass is 9.88. The van der Waals surface area contributed by atoms with Crippen LogP contribution in [0.4, 0.5) is 0 Å². The largest absolute Gasteiger partial charge is 0.477 e. The molecule has 1 aromatic rings. The molecule has 1 aromatic heterocycles. The number of hydrogen-bond donors (Lipinski definition) is 2. The van der Waals surface area contributed by atoms with E-state index in [0.717, 1.165) is 25.5 Å². The summed E-state index contributed by atoms with van der Waals surface area (Å²) in [6.45, 7) is 1.52. The Labute approximate surface area is 157 Å². The van der Waals surface area contributed by atoms with E-state index in [2.05, 4.69) is 0 Å². The third kappa shape index (κ3) is 3.27. The molecule has 2 N–H and O–H groups in total. The summed E-state index contributed by atoms with van der Waals surface area (Å²) in [7, 11) is 0. The normalized spacial score (nSPS) is 26.6. The second kappa shape index (κ2) is 7.09. The zero-order valence-electron chi connectivity index (χ0n) is 15.2. The first-order valence-electron chi connectivity index (χ1n) is 9.68. The van der Waals surface area contributed by atoms with E-state index in [9.17, 15) is 24.6 Å². The van der Waals surface area contributed by atoms with Crippen molar-refractivity contribution in [3.8, 4) is 0 Å². The number of carbonyl (C=O) groups is 2. The number of fused-ring (bicyclic) bond motifs is 2. The molecule has 2 aliphatic heterocycles. The van der Waals surface area contributed by atoms with Crippen LogP contribution in [0.3, 0.4) is 0 Å². The summed E-state index contributed by atoms with van der Waals surface area (Å²) in [5.74, 6) is -1.07. The Morgan fingerprint density at radius 3 is 2.59 bits per heavy atom. The van der Waals surface area contributed by atoms with E-state index in [-0.39, 0.29) is 23.3 Å². The molecule has 2 atom stereocenters. The fourth-order valence-electron chi connectivity index (χ4n) is 4.69. The molecule has 3 heterocycles. The van der Waals surface area contributed by atoms with Gasteiger partial charge < -0.3 is 19.7 Å². The molecule has 3 aliphatic rings. The Bertz CT molecular complexity index is 814. The Morgan fingerprint density at radius 2 is 1.89 bits per heavy atom. The van der Waals surface area contributed by atoms with Crippen LogP contribution in [0.2, 0.25) is 0 Å². The van der Waals surface area contributed by atoms with Gasteiger partial charge in [0.15, 0.2) is 5.43 Å². The van der Waals surface area contributed by atoms with Gasteiger partial charge in [-0.25, -0.2) is 4.79 Å². The zero-order chi connectivity index (χ0) is 19.1. The Balaban J connectivity index is 1.65. The number of nitrogens with zero attached hydrogens (tertiary/aromatic N) is 3. The van der Waals surface area contributed by atoms with Gasteiger partial charge in [-0.1, -0.05) is 19.3 Å². The van der Waals surface area contributed by atoms with Crippen molar-refractivity contribution >= 4 is 11.9 Å². The van der Waals surface area contributed by atoms with E-state index >= 15 is 0 Å². The van der Waals surface area contributed by atoms with E-state index in [1.54, 1.807) is 9.47 Å². The number of pyridine rings is 1. The third-order valence-corrected chi connectivity index (χ3v) is 6.15. The van der Waals surface area contributed by atoms with Crippen LogP contribution in [-0.4, -0.2) is 61.9 Å². The van der Waals surface area contributed by atoms with Crippen molar-refractivity contribution in [3.63, 3.8) is 0 Å². The molecule has 1 saturated heterocycles. The Hall–Kier alpha value is -2.19. The van der Waals surface area contributed by atoms with Gasteiger partial charge in [0.25, 0.3) is 5.91 Å². The minimum absolute atomic E-state index is 0.218. The third-order valence-electron chi connectivity index (χ3n) is 6.15. The summed E-state index contributed by atoms with van der Waals surface area (Å²) < 4.78 is 1.56. The van der Waals surface area contributed by atoms with Crippen LogP contribution in [0.15, 0.2) is 17.1 Å². The smallest absolute Gasteiger partial charge is 0.341 e. The summed E-state index contributed by atoms with van der Waals surface area (Å²) in [5.41, 5.74) is -0.776. The number of aliphatic hydroxyl groups excluding tert-OH is 1. The number of hydrogen-bond acceptors (Lipinski definition) is 5. The molecule has 146 valence electrons. The van der Waals surface area contributed by atoms with Crippen molar-refractivity contribution in [2.75, 3.05) is 13.1 Å². The van der Waals surface area contributed by atoms with Gasteiger partial charge in [0.1, 0.15) is 23.7 Å². The maximum absolute atomic E-state index is 12.9. The highest BCUT2D eigenvalue weighted by Gasteiger charge is 2.42. The van der Waals surface area contributed by atoms with Crippen LogP contribution < -0.4 is 5.43 Å². The fraction of sp³-hybridized carbons (Fsp3) is 0.632. The van der Waals surface area contributed by atoms with E-state index in [1.807, 2.05) is 4.90 Å². The molecular formula is C19H25N3O5. The predicted octanol–water partition coefficient (Wildman–Crippen LogP) is 0.933. The number of aliphatic hydroxyl groups is 1. The lowest BCUT2D eigenvalue weighted by molar-refractivity contribution is -0.122. The summed E-state index contributed by atoms with van der Waals surface area (Å²) in [6, 6.07) is 1.12. The molecule has 1 saturated carbocycles. The van der Waals surface area contributed by atoms with Crippen LogP contribution >= 0.6 is 0 Å². The number of carbonyl (C=O) groups excluding carboxylic acids is 1. The highest BCUT2D eigenvalue weighted by atomic mass is 16.4. The minimum atomic E-state index is -1.30. The average Bonchev–Trinajstić information content (AvgIpc) is 2.65. The quantitative estimate of drug-likeness (QED) is 0.815. The summed E-state index contributed by atoms with van der Waals surface area (Å²) in [6.07, 6.45) is 6.74. The minimum Gasteiger partial charge on any atom is -0.477 e. The first kappa shape index (κ1) is 18.2. The predicted molar refractivity (Wildman–Crippen MR) is 96.4 cm³/mol. The van der Waals surface area contributed by atoms with Crippen LogP contribution in [0, 0.1) is 5.92 Å². The van der Waals surface area contributed by atoms with Gasteiger partial charge in [0.2, 0.25) is 0 Å². The van der Waals surface area contributed by atoms with Gasteiger partial charge in [0, 0.05) is 31.8 Å². The van der Waals surface area contributed by atoms with Crippen LogP contribution in [-0.2, 0) is 6.54 Å². The zero-order valence-corrected chi connectivity index (χ0v) is 15.2. The van der Waals surface area contributed by atoms with Gasteiger partial charge in [-0.15, -0.1) is 0 Å². The molecule has 8 heteroatoms. The van der Waals surface area contributed by atoms with Gasteiger partial charge >= 0.3 is 5.97 Å². The summed E-state index contributed by atoms with van der Waals surface area (Å²) in [4.78, 5) is 39.9. The lowest BCUT2D eigenvalue weighted by Crippen LogP contribution is -2.64. The topological polar surface area (TPSA) is 103 Å². The van der Waals surface area contributed by atoms with Crippen molar-refractivity contribution in [1.29, 1.82) is 0 Å². The lowest BCUT2D eigenvalue weighted by Gasteiger charge is -2.50. The second-order valence-electron chi connectivity index (χ2n) is 7.84. The molecule has 0 bridgehead atoms. The Kier molecular flexibility index (Phi) is 4.77. The van der Waals surface area contributed by atoms with Crippen molar-refractivity contribution in [3.05, 3.63) is 33.7 Å². The second-order valence-corrected chi connectivity index (χ2v) is 7.84. The maximum atomic E-state index is 12.9. The molecule has 27 heavy (non-hydrogen) atoms. The molecule has 1 aliphatic carbocycles. The van der Waals surface area contributed by atoms with Gasteiger partial charge in [-0.05, 0) is 18.8 Å². The number of carboxylic acids is 1. The fourth-order valence-corrected chi connectivity index (χ4v) is 4.69. The van der Waals surface area contributed by atoms with Crippen LogP contribution in [0.5, 0.6) is 0 Å². The number of aromatic nitrogens is 1. The van der Waals surface area contributed by atoms with Crippen molar-refractivity contribution in [2.24, 2.45) is 5.92 Å². The molecule has 4 rings (SSSR count). The number of carboxylic acid groups (broad SMARTS) is 1. The first-order valence-corrected chi connectivity index (χ1v) is 9.68. The molecule has 8 nitrogen and oxygen atoms in total. The highest BCUT2D eigenvalue weighted by molar-refractivity contribution is 5.95. The molecule has 0 aromatic carbocycles. The van der Waals surface area contributed by atoms with Gasteiger partial charge in [-0.3, -0.25) is 14.5 Å². The number of amides is 1. The molecule has 1 amide bonds. The monoisotopic (exact) mass is 375 g/mol. The number of aromatic carboxylic acids is 1. The molecule has 2 unspecified atom stereocenters. The molecule has 0 spiro atoms. The first-order chi connectivity index (χ1) is 13.0. The Morgan fingerprint density at radius 1 is 1.15 bits per heavy atom. The summed E-state index contributed by atoms with van der Waals surface area (Å²) >= 11 is 0.